The third-order valence-corrected chi connectivity index (χ3v) is 4.28. The second kappa shape index (κ2) is 5.60. The lowest BCUT2D eigenvalue weighted by Crippen LogP contribution is -2.09. The van der Waals surface area contributed by atoms with Crippen LogP contribution in [-0.2, 0) is 22.0 Å². The lowest BCUT2D eigenvalue weighted by atomic mass is 10.2. The van der Waals surface area contributed by atoms with E-state index >= 15 is 0 Å². The predicted octanol–water partition coefficient (Wildman–Crippen LogP) is 1.44. The number of aromatic carboxylic acids is 1. The molecular weight excluding hydrogens is 303 g/mol. The third kappa shape index (κ3) is 3.24. The Morgan fingerprint density at radius 2 is 2.14 bits per heavy atom. The highest BCUT2D eigenvalue weighted by molar-refractivity contribution is 7.90. The van der Waals surface area contributed by atoms with Crippen molar-refractivity contribution in [1.29, 1.82) is 0 Å². The minimum atomic E-state index is -4.05. The van der Waals surface area contributed by atoms with E-state index in [1.54, 1.807) is 6.92 Å². The number of carboxylic acids is 1. The summed E-state index contributed by atoms with van der Waals surface area (Å²) in [6, 6.07) is 2.58. The van der Waals surface area contributed by atoms with Crippen LogP contribution < -0.4 is 0 Å². The summed E-state index contributed by atoms with van der Waals surface area (Å²) in [5, 5.41) is 12.3. The number of halogens is 1. The molecular formula is C12H11FN2O5S. The van der Waals surface area contributed by atoms with E-state index in [2.05, 4.69) is 10.1 Å². The van der Waals surface area contributed by atoms with Gasteiger partial charge in [-0.15, -0.1) is 0 Å². The molecule has 0 saturated heterocycles. The van der Waals surface area contributed by atoms with Crippen molar-refractivity contribution in [2.75, 3.05) is 0 Å². The summed E-state index contributed by atoms with van der Waals surface area (Å²) in [6.45, 7) is 1.77. The largest absolute Gasteiger partial charge is 0.478 e. The van der Waals surface area contributed by atoms with Crippen LogP contribution >= 0.6 is 0 Å². The Morgan fingerprint density at radius 1 is 1.43 bits per heavy atom. The Hall–Kier alpha value is -2.29. The van der Waals surface area contributed by atoms with E-state index in [1.807, 2.05) is 0 Å². The highest BCUT2D eigenvalue weighted by Gasteiger charge is 2.24. The summed E-state index contributed by atoms with van der Waals surface area (Å²) >= 11 is 0. The van der Waals surface area contributed by atoms with Crippen molar-refractivity contribution in [3.63, 3.8) is 0 Å². The van der Waals surface area contributed by atoms with E-state index in [-0.39, 0.29) is 11.5 Å². The van der Waals surface area contributed by atoms with Crippen molar-refractivity contribution in [1.82, 2.24) is 10.1 Å². The molecule has 7 nitrogen and oxygen atoms in total. The molecule has 0 unspecified atom stereocenters. The maximum atomic E-state index is 13.8. The highest BCUT2D eigenvalue weighted by atomic mass is 32.2. The number of rotatable bonds is 5. The molecule has 21 heavy (non-hydrogen) atoms. The second-order valence-corrected chi connectivity index (χ2v) is 6.13. The number of hydrogen-bond acceptors (Lipinski definition) is 6. The molecule has 1 heterocycles. The summed E-state index contributed by atoms with van der Waals surface area (Å²) in [5.41, 5.74) is -0.336. The number of hydrogen-bond donors (Lipinski definition) is 1. The molecule has 0 atom stereocenters. The van der Waals surface area contributed by atoms with Crippen molar-refractivity contribution in [3.8, 4) is 0 Å². The minimum absolute atomic E-state index is 0.145. The molecule has 112 valence electrons. The van der Waals surface area contributed by atoms with Crippen LogP contribution in [0.15, 0.2) is 27.6 Å². The zero-order valence-corrected chi connectivity index (χ0v) is 11.7. The molecule has 0 aliphatic heterocycles. The quantitative estimate of drug-likeness (QED) is 0.889. The predicted molar refractivity (Wildman–Crippen MR) is 67.9 cm³/mol. The van der Waals surface area contributed by atoms with Gasteiger partial charge < -0.3 is 9.63 Å². The van der Waals surface area contributed by atoms with Gasteiger partial charge in [-0.3, -0.25) is 0 Å². The van der Waals surface area contributed by atoms with Crippen molar-refractivity contribution in [3.05, 3.63) is 41.3 Å². The maximum Gasteiger partial charge on any atom is 0.335 e. The Kier molecular flexibility index (Phi) is 4.03. The molecule has 0 aliphatic carbocycles. The molecule has 0 aliphatic rings. The average molecular weight is 314 g/mol. The van der Waals surface area contributed by atoms with Crippen LogP contribution in [-0.4, -0.2) is 29.6 Å². The fourth-order valence-corrected chi connectivity index (χ4v) is 2.85. The van der Waals surface area contributed by atoms with E-state index in [9.17, 15) is 17.6 Å². The molecule has 1 aromatic carbocycles. The van der Waals surface area contributed by atoms with E-state index in [0.29, 0.717) is 18.3 Å². The first kappa shape index (κ1) is 15.1. The van der Waals surface area contributed by atoms with Gasteiger partial charge in [-0.05, 0) is 18.2 Å². The molecule has 2 aromatic rings. The molecule has 1 aromatic heterocycles. The first-order valence-corrected chi connectivity index (χ1v) is 7.55. The molecule has 0 radical (unpaired) electrons. The number of nitrogens with zero attached hydrogens (tertiary/aromatic N) is 2. The van der Waals surface area contributed by atoms with Crippen LogP contribution in [0.25, 0.3) is 0 Å². The van der Waals surface area contributed by atoms with Crippen LogP contribution in [0.4, 0.5) is 4.39 Å². The van der Waals surface area contributed by atoms with Gasteiger partial charge in [0.25, 0.3) is 0 Å². The van der Waals surface area contributed by atoms with E-state index in [4.69, 9.17) is 9.63 Å². The number of sulfone groups is 1. The van der Waals surface area contributed by atoms with Gasteiger partial charge >= 0.3 is 5.97 Å². The normalized spacial score (nSPS) is 11.5. The average Bonchev–Trinajstić information content (AvgIpc) is 2.85. The van der Waals surface area contributed by atoms with Gasteiger partial charge in [-0.1, -0.05) is 12.1 Å². The lowest BCUT2D eigenvalue weighted by molar-refractivity contribution is 0.0696. The first-order chi connectivity index (χ1) is 9.83. The summed E-state index contributed by atoms with van der Waals surface area (Å²) in [5.74, 6) is -2.92. The Balaban J connectivity index is 2.33. The smallest absolute Gasteiger partial charge is 0.335 e. The van der Waals surface area contributed by atoms with Gasteiger partial charge in [0.2, 0.25) is 5.89 Å². The molecule has 0 saturated carbocycles. The molecule has 1 N–H and O–H groups in total. The van der Waals surface area contributed by atoms with Crippen molar-refractivity contribution in [2.45, 2.75) is 24.0 Å². The number of aromatic nitrogens is 2. The fraction of sp³-hybridized carbons (Fsp3) is 0.250. The van der Waals surface area contributed by atoms with Crippen molar-refractivity contribution in [2.24, 2.45) is 0 Å². The van der Waals surface area contributed by atoms with Gasteiger partial charge in [0.15, 0.2) is 15.7 Å². The van der Waals surface area contributed by atoms with E-state index < -0.39 is 32.3 Å². The van der Waals surface area contributed by atoms with E-state index in [1.165, 1.54) is 0 Å². The monoisotopic (exact) mass is 314 g/mol. The summed E-state index contributed by atoms with van der Waals surface area (Å²) in [7, 11) is -4.05. The summed E-state index contributed by atoms with van der Waals surface area (Å²) < 4.78 is 42.7. The molecule has 0 fully saturated rings. The van der Waals surface area contributed by atoms with Crippen molar-refractivity contribution < 1.29 is 27.2 Å². The van der Waals surface area contributed by atoms with Gasteiger partial charge in [0.05, 0.1) is 5.56 Å². The maximum absolute atomic E-state index is 13.8. The fourth-order valence-electron chi connectivity index (χ4n) is 1.62. The number of aryl methyl sites for hydroxylation is 1. The van der Waals surface area contributed by atoms with Gasteiger partial charge in [0, 0.05) is 6.42 Å². The van der Waals surface area contributed by atoms with E-state index in [0.717, 1.165) is 12.1 Å². The zero-order valence-electron chi connectivity index (χ0n) is 10.9. The van der Waals surface area contributed by atoms with Crippen LogP contribution in [0.3, 0.4) is 0 Å². The lowest BCUT2D eigenvalue weighted by Gasteiger charge is -2.04. The number of carbonyl (C=O) groups is 1. The molecule has 0 bridgehead atoms. The van der Waals surface area contributed by atoms with Crippen LogP contribution in [0.5, 0.6) is 0 Å². The Morgan fingerprint density at radius 3 is 2.67 bits per heavy atom. The third-order valence-electron chi connectivity index (χ3n) is 2.65. The topological polar surface area (TPSA) is 110 Å². The summed E-state index contributed by atoms with van der Waals surface area (Å²) in [6.07, 6.45) is 0.477. The molecule has 9 heteroatoms. The minimum Gasteiger partial charge on any atom is -0.478 e. The van der Waals surface area contributed by atoms with Crippen molar-refractivity contribution >= 4 is 15.8 Å². The van der Waals surface area contributed by atoms with Gasteiger partial charge in [-0.25, -0.2) is 17.6 Å². The molecule has 2 rings (SSSR count). The Labute approximate surface area is 119 Å². The molecule has 0 spiro atoms. The second-order valence-electron chi connectivity index (χ2n) is 4.17. The number of benzene rings is 1. The standard InChI is InChI=1S/C12H11FN2O5S/c1-2-10-14-11(20-15-10)6-21(18,19)9-4-3-7(12(16)17)5-8(9)13/h3-5H,2,6H2,1H3,(H,16,17). The van der Waals surface area contributed by atoms with Crippen LogP contribution in [0, 0.1) is 5.82 Å². The zero-order chi connectivity index (χ0) is 15.6. The van der Waals surface area contributed by atoms with Gasteiger partial charge in [0.1, 0.15) is 16.5 Å². The Bertz CT molecular complexity index is 785. The van der Waals surface area contributed by atoms with Crippen LogP contribution in [0.2, 0.25) is 0 Å². The highest BCUT2D eigenvalue weighted by Crippen LogP contribution is 2.20. The van der Waals surface area contributed by atoms with Crippen LogP contribution in [0.1, 0.15) is 29.0 Å². The summed E-state index contributed by atoms with van der Waals surface area (Å²) in [4.78, 5) is 13.9. The molecule has 0 amide bonds. The SMILES string of the molecule is CCc1noc(CS(=O)(=O)c2ccc(C(=O)O)cc2F)n1. The first-order valence-electron chi connectivity index (χ1n) is 5.90. The van der Waals surface area contributed by atoms with Gasteiger partial charge in [-0.2, -0.15) is 4.98 Å². The number of carboxylic acid groups (broad SMARTS) is 1.